The molecule has 4 heteroatoms. The van der Waals surface area contributed by atoms with E-state index in [9.17, 15) is 0 Å². The van der Waals surface area contributed by atoms with E-state index in [4.69, 9.17) is 15.9 Å². The number of nitrogens with zero attached hydrogens (tertiary/aromatic N) is 1. The van der Waals surface area contributed by atoms with Crippen LogP contribution in [0.1, 0.15) is 39.0 Å². The topological polar surface area (TPSA) is 62.3 Å². The van der Waals surface area contributed by atoms with Crippen molar-refractivity contribution in [2.45, 2.75) is 45.1 Å². The number of nitrogens with two attached hydrogens (primary N) is 1. The lowest BCUT2D eigenvalue weighted by molar-refractivity contribution is 0.0216. The zero-order valence-corrected chi connectivity index (χ0v) is 9.67. The number of unbranched alkanes of at least 4 members (excludes halogenated alkanes) is 3. The molecule has 0 aromatic carbocycles. The van der Waals surface area contributed by atoms with Crippen LogP contribution in [0.25, 0.3) is 0 Å². The predicted molar refractivity (Wildman–Crippen MR) is 62.0 cm³/mol. The fourth-order valence-electron chi connectivity index (χ4n) is 2.02. The molecule has 0 amide bonds. The minimum atomic E-state index is 0.193. The Hall–Kier alpha value is -0.770. The van der Waals surface area contributed by atoms with Gasteiger partial charge in [0.05, 0.1) is 19.3 Å². The van der Waals surface area contributed by atoms with Crippen molar-refractivity contribution in [3.63, 3.8) is 0 Å². The van der Waals surface area contributed by atoms with Gasteiger partial charge >= 0.3 is 0 Å². The van der Waals surface area contributed by atoms with Crippen molar-refractivity contribution < 1.29 is 4.74 Å². The van der Waals surface area contributed by atoms with Crippen LogP contribution in [0.3, 0.4) is 0 Å². The average Bonchev–Trinajstić information content (AvgIpc) is 2.25. The normalized spacial score (nSPS) is 21.7. The number of hydrogen-bond acceptors (Lipinski definition) is 2. The van der Waals surface area contributed by atoms with E-state index >= 15 is 0 Å². The van der Waals surface area contributed by atoms with Crippen LogP contribution in [0.5, 0.6) is 0 Å². The molecule has 0 radical (unpaired) electrons. The smallest absolute Gasteiger partial charge is 0.188 e. The second-order valence-electron chi connectivity index (χ2n) is 4.16. The number of ether oxygens (including phenoxy) is 1. The summed E-state index contributed by atoms with van der Waals surface area (Å²) in [7, 11) is 0. The number of guanidine groups is 1. The standard InChI is InChI=1S/C11H23N3O/c1-2-3-4-5-6-10-9-15-8-7-14(10)11(12)13/h10H,2-9H2,1H3,(H3,12,13). The zero-order chi connectivity index (χ0) is 11.1. The molecule has 4 nitrogen and oxygen atoms in total. The van der Waals surface area contributed by atoms with E-state index in [0.717, 1.165) is 19.6 Å². The van der Waals surface area contributed by atoms with Crippen LogP contribution in [0.2, 0.25) is 0 Å². The van der Waals surface area contributed by atoms with Gasteiger partial charge in [-0.05, 0) is 6.42 Å². The van der Waals surface area contributed by atoms with Crippen molar-refractivity contribution in [3.05, 3.63) is 0 Å². The summed E-state index contributed by atoms with van der Waals surface area (Å²) in [5, 5.41) is 7.48. The number of morpholine rings is 1. The zero-order valence-electron chi connectivity index (χ0n) is 9.67. The molecule has 1 saturated heterocycles. The molecule has 1 rings (SSSR count). The third-order valence-corrected chi connectivity index (χ3v) is 2.93. The van der Waals surface area contributed by atoms with E-state index in [-0.39, 0.29) is 5.96 Å². The Kier molecular flexibility index (Phi) is 5.47. The fraction of sp³-hybridized carbons (Fsp3) is 0.909. The Morgan fingerprint density at radius 1 is 1.47 bits per heavy atom. The Labute approximate surface area is 92.3 Å². The Balaban J connectivity index is 2.26. The van der Waals surface area contributed by atoms with Crippen molar-refractivity contribution >= 4 is 5.96 Å². The van der Waals surface area contributed by atoms with E-state index in [0.29, 0.717) is 12.6 Å². The average molecular weight is 213 g/mol. The minimum Gasteiger partial charge on any atom is -0.377 e. The maximum atomic E-state index is 7.48. The van der Waals surface area contributed by atoms with Crippen LogP contribution in [-0.4, -0.2) is 36.7 Å². The quantitative estimate of drug-likeness (QED) is 0.414. The van der Waals surface area contributed by atoms with Crippen LogP contribution >= 0.6 is 0 Å². The van der Waals surface area contributed by atoms with Crippen LogP contribution in [0.4, 0.5) is 0 Å². The van der Waals surface area contributed by atoms with Crippen molar-refractivity contribution in [1.82, 2.24) is 4.90 Å². The van der Waals surface area contributed by atoms with E-state index in [1.807, 2.05) is 4.90 Å². The third-order valence-electron chi connectivity index (χ3n) is 2.93. The van der Waals surface area contributed by atoms with Crippen molar-refractivity contribution in [3.8, 4) is 0 Å². The molecule has 1 fully saturated rings. The molecule has 1 heterocycles. The first-order valence-electron chi connectivity index (χ1n) is 5.94. The van der Waals surface area contributed by atoms with Gasteiger partial charge in [0.1, 0.15) is 0 Å². The summed E-state index contributed by atoms with van der Waals surface area (Å²) in [4.78, 5) is 1.97. The molecule has 0 aromatic rings. The van der Waals surface area contributed by atoms with Crippen LogP contribution in [-0.2, 0) is 4.74 Å². The summed E-state index contributed by atoms with van der Waals surface area (Å²) in [5.41, 5.74) is 5.54. The number of hydrogen-bond donors (Lipinski definition) is 2. The predicted octanol–water partition coefficient (Wildman–Crippen LogP) is 1.55. The molecular weight excluding hydrogens is 190 g/mol. The van der Waals surface area contributed by atoms with Crippen LogP contribution in [0, 0.1) is 5.41 Å². The summed E-state index contributed by atoms with van der Waals surface area (Å²) in [6.07, 6.45) is 6.15. The van der Waals surface area contributed by atoms with Gasteiger partial charge < -0.3 is 15.4 Å². The highest BCUT2D eigenvalue weighted by molar-refractivity contribution is 5.75. The van der Waals surface area contributed by atoms with Gasteiger partial charge in [-0.2, -0.15) is 0 Å². The maximum Gasteiger partial charge on any atom is 0.188 e. The molecule has 0 saturated carbocycles. The van der Waals surface area contributed by atoms with Gasteiger partial charge in [0.25, 0.3) is 0 Å². The first-order chi connectivity index (χ1) is 7.25. The van der Waals surface area contributed by atoms with Gasteiger partial charge in [0.2, 0.25) is 0 Å². The molecule has 1 aliphatic heterocycles. The van der Waals surface area contributed by atoms with Gasteiger partial charge in [-0.1, -0.05) is 32.6 Å². The maximum absolute atomic E-state index is 7.48. The van der Waals surface area contributed by atoms with Gasteiger partial charge in [-0.15, -0.1) is 0 Å². The molecule has 1 atom stereocenters. The van der Waals surface area contributed by atoms with E-state index < -0.39 is 0 Å². The van der Waals surface area contributed by atoms with Gasteiger partial charge in [-0.3, -0.25) is 5.41 Å². The molecule has 0 aromatic heterocycles. The largest absolute Gasteiger partial charge is 0.377 e. The van der Waals surface area contributed by atoms with E-state index in [2.05, 4.69) is 6.92 Å². The Bertz CT molecular complexity index is 196. The monoisotopic (exact) mass is 213 g/mol. The molecule has 88 valence electrons. The third kappa shape index (κ3) is 4.08. The lowest BCUT2D eigenvalue weighted by Gasteiger charge is -2.35. The van der Waals surface area contributed by atoms with Crippen LogP contribution in [0.15, 0.2) is 0 Å². The Morgan fingerprint density at radius 3 is 2.93 bits per heavy atom. The SMILES string of the molecule is CCCCCCC1COCCN1C(=N)N. The molecule has 0 bridgehead atoms. The fourth-order valence-corrected chi connectivity index (χ4v) is 2.02. The highest BCUT2D eigenvalue weighted by Crippen LogP contribution is 2.14. The second-order valence-corrected chi connectivity index (χ2v) is 4.16. The summed E-state index contributed by atoms with van der Waals surface area (Å²) in [6, 6.07) is 0.327. The van der Waals surface area contributed by atoms with E-state index in [1.165, 1.54) is 25.7 Å². The lowest BCUT2D eigenvalue weighted by atomic mass is 10.1. The summed E-state index contributed by atoms with van der Waals surface area (Å²) in [5.74, 6) is 0.193. The summed E-state index contributed by atoms with van der Waals surface area (Å²) < 4.78 is 5.43. The minimum absolute atomic E-state index is 0.193. The van der Waals surface area contributed by atoms with Gasteiger partial charge in [-0.25, -0.2) is 0 Å². The van der Waals surface area contributed by atoms with Gasteiger partial charge in [0, 0.05) is 6.54 Å². The van der Waals surface area contributed by atoms with Crippen molar-refractivity contribution in [2.75, 3.05) is 19.8 Å². The highest BCUT2D eigenvalue weighted by Gasteiger charge is 2.23. The lowest BCUT2D eigenvalue weighted by Crippen LogP contribution is -2.51. The molecule has 15 heavy (non-hydrogen) atoms. The first kappa shape index (κ1) is 12.3. The molecule has 1 aliphatic rings. The Morgan fingerprint density at radius 2 is 2.27 bits per heavy atom. The van der Waals surface area contributed by atoms with Crippen molar-refractivity contribution in [1.29, 1.82) is 5.41 Å². The molecule has 1 unspecified atom stereocenters. The van der Waals surface area contributed by atoms with Gasteiger partial charge in [0.15, 0.2) is 5.96 Å². The first-order valence-corrected chi connectivity index (χ1v) is 5.94. The summed E-state index contributed by atoms with van der Waals surface area (Å²) >= 11 is 0. The summed E-state index contributed by atoms with van der Waals surface area (Å²) in [6.45, 7) is 4.41. The number of nitrogens with one attached hydrogen (secondary N) is 1. The second kappa shape index (κ2) is 6.67. The molecule has 0 aliphatic carbocycles. The van der Waals surface area contributed by atoms with E-state index in [1.54, 1.807) is 0 Å². The molecule has 3 N–H and O–H groups in total. The highest BCUT2D eigenvalue weighted by atomic mass is 16.5. The van der Waals surface area contributed by atoms with Crippen LogP contribution < -0.4 is 5.73 Å². The number of rotatable bonds is 5. The molecule has 0 spiro atoms. The molecular formula is C11H23N3O. The van der Waals surface area contributed by atoms with Crippen molar-refractivity contribution in [2.24, 2.45) is 5.73 Å².